The number of anilines is 1. The number of rotatable bonds is 6. The monoisotopic (exact) mass is 704 g/mol. The minimum Gasteiger partial charge on any atom is -0.457 e. The van der Waals surface area contributed by atoms with E-state index in [-0.39, 0.29) is 12.1 Å². The molecule has 5 aliphatic rings. The third-order valence-corrected chi connectivity index (χ3v) is 12.6. The van der Waals surface area contributed by atoms with Gasteiger partial charge >= 0.3 is 6.09 Å². The van der Waals surface area contributed by atoms with Gasteiger partial charge in [0, 0.05) is 56.9 Å². The molecular weight excluding hydrogens is 653 g/mol. The number of carbonyl (C=O) groups excluding carboxylic acids is 1. The topological polar surface area (TPSA) is 115 Å². The number of nitrogens with two attached hydrogens (primary N) is 1. The molecule has 2 aromatic heterocycles. The fraction of sp³-hybridized carbons (Fsp3) is 0.561. The Morgan fingerprint density at radius 1 is 0.750 bits per heavy atom. The van der Waals surface area contributed by atoms with E-state index in [0.717, 1.165) is 84.6 Å². The van der Waals surface area contributed by atoms with Crippen molar-refractivity contribution in [3.63, 3.8) is 0 Å². The Balaban J connectivity index is 0.795. The molecule has 6 atom stereocenters. The molecule has 0 spiro atoms. The Bertz CT molecular complexity index is 1870. The van der Waals surface area contributed by atoms with E-state index in [1.165, 1.54) is 38.8 Å². The number of hydrogen-bond donors (Lipinski definition) is 1. The molecule has 5 heterocycles. The average molecular weight is 705 g/mol. The standard InChI is InChI=1S/C41H52N8O3/c1-41(2,3)52-40(50)48-23-29-19-33(20-30(29)24-48)47-21-27-17-32(18-28(27)22-47)46-15-13-31(14-16-46)49-39-36(38(42)43-25-44-39)37(45-49)26-9-11-35(12-10-26)51-34-7-5-4-6-8-34/h4-12,25,27-33H,13-24H2,1-3H3,(H2,42,43,44)/t27-,28+,29-,30+,32?,33?. The maximum absolute atomic E-state index is 12.7. The molecule has 9 rings (SSSR count). The Labute approximate surface area is 306 Å². The zero-order valence-electron chi connectivity index (χ0n) is 30.7. The molecule has 3 saturated heterocycles. The highest BCUT2D eigenvalue weighted by atomic mass is 16.6. The Kier molecular flexibility index (Phi) is 8.61. The van der Waals surface area contributed by atoms with E-state index >= 15 is 0 Å². The molecule has 5 fully saturated rings. The molecule has 3 aliphatic heterocycles. The summed E-state index contributed by atoms with van der Waals surface area (Å²) in [6, 6.07) is 19.5. The highest BCUT2D eigenvalue weighted by molar-refractivity contribution is 5.98. The number of carbonyl (C=O) groups is 1. The van der Waals surface area contributed by atoms with Crippen molar-refractivity contribution in [2.45, 2.75) is 83.0 Å². The van der Waals surface area contributed by atoms with Gasteiger partial charge in [-0.3, -0.25) is 4.90 Å². The highest BCUT2D eigenvalue weighted by Crippen LogP contribution is 2.47. The van der Waals surface area contributed by atoms with Crippen LogP contribution in [0.2, 0.25) is 0 Å². The Hall–Kier alpha value is -4.22. The molecular formula is C41H52N8O3. The van der Waals surface area contributed by atoms with Crippen LogP contribution in [0.25, 0.3) is 22.3 Å². The summed E-state index contributed by atoms with van der Waals surface area (Å²) >= 11 is 0. The predicted molar refractivity (Wildman–Crippen MR) is 201 cm³/mol. The minimum absolute atomic E-state index is 0.137. The third-order valence-electron chi connectivity index (χ3n) is 12.6. The molecule has 11 heteroatoms. The first-order valence-electron chi connectivity index (χ1n) is 19.4. The number of likely N-dealkylation sites (tertiary alicyclic amines) is 3. The lowest BCUT2D eigenvalue weighted by atomic mass is 10.0. The number of aromatic nitrogens is 4. The van der Waals surface area contributed by atoms with Gasteiger partial charge in [0.25, 0.3) is 0 Å². The summed E-state index contributed by atoms with van der Waals surface area (Å²) < 4.78 is 13.8. The van der Waals surface area contributed by atoms with Gasteiger partial charge in [-0.25, -0.2) is 19.4 Å². The summed E-state index contributed by atoms with van der Waals surface area (Å²) in [5.41, 5.74) is 8.64. The molecule has 2 aromatic carbocycles. The van der Waals surface area contributed by atoms with Crippen molar-refractivity contribution in [1.29, 1.82) is 0 Å². The molecule has 1 amide bonds. The number of benzene rings is 2. The summed E-state index contributed by atoms with van der Waals surface area (Å²) in [5.74, 6) is 4.90. The smallest absolute Gasteiger partial charge is 0.410 e. The molecule has 0 radical (unpaired) electrons. The van der Waals surface area contributed by atoms with Gasteiger partial charge < -0.3 is 25.0 Å². The fourth-order valence-corrected chi connectivity index (χ4v) is 10.2. The van der Waals surface area contributed by atoms with E-state index in [0.29, 0.717) is 29.7 Å². The van der Waals surface area contributed by atoms with Gasteiger partial charge in [-0.1, -0.05) is 18.2 Å². The third kappa shape index (κ3) is 6.51. The lowest BCUT2D eigenvalue weighted by molar-refractivity contribution is 0.0274. The van der Waals surface area contributed by atoms with Gasteiger partial charge in [-0.15, -0.1) is 0 Å². The maximum atomic E-state index is 12.7. The van der Waals surface area contributed by atoms with E-state index in [2.05, 4.69) is 19.5 Å². The first kappa shape index (κ1) is 33.6. The van der Waals surface area contributed by atoms with E-state index in [1.807, 2.05) is 80.3 Å². The van der Waals surface area contributed by atoms with E-state index < -0.39 is 5.60 Å². The van der Waals surface area contributed by atoms with E-state index in [4.69, 9.17) is 25.3 Å². The molecule has 2 aliphatic carbocycles. The summed E-state index contributed by atoms with van der Waals surface area (Å²) in [6.45, 7) is 12.2. The van der Waals surface area contributed by atoms with E-state index in [9.17, 15) is 4.79 Å². The number of amides is 1. The zero-order valence-corrected chi connectivity index (χ0v) is 30.7. The van der Waals surface area contributed by atoms with Crippen molar-refractivity contribution in [2.75, 3.05) is 45.0 Å². The second-order valence-corrected chi connectivity index (χ2v) is 17.1. The number of ether oxygens (including phenoxy) is 2. The summed E-state index contributed by atoms with van der Waals surface area (Å²) in [4.78, 5) is 29.3. The van der Waals surface area contributed by atoms with Crippen LogP contribution in [-0.4, -0.2) is 97.5 Å². The van der Waals surface area contributed by atoms with Crippen molar-refractivity contribution >= 4 is 22.9 Å². The van der Waals surface area contributed by atoms with Gasteiger partial charge in [0.2, 0.25) is 0 Å². The van der Waals surface area contributed by atoms with Crippen LogP contribution in [0.5, 0.6) is 11.5 Å². The summed E-state index contributed by atoms with van der Waals surface area (Å²) in [6.07, 6.45) is 8.62. The average Bonchev–Trinajstić information content (AvgIpc) is 3.94. The lowest BCUT2D eigenvalue weighted by Gasteiger charge is -2.37. The largest absolute Gasteiger partial charge is 0.457 e. The van der Waals surface area contributed by atoms with Gasteiger partial charge in [0.05, 0.1) is 11.4 Å². The van der Waals surface area contributed by atoms with Crippen molar-refractivity contribution in [2.24, 2.45) is 23.7 Å². The number of fused-ring (bicyclic) bond motifs is 3. The van der Waals surface area contributed by atoms with Gasteiger partial charge in [-0.05, 0) is 119 Å². The van der Waals surface area contributed by atoms with Crippen molar-refractivity contribution in [1.82, 2.24) is 34.4 Å². The van der Waals surface area contributed by atoms with Crippen LogP contribution < -0.4 is 10.5 Å². The molecule has 11 nitrogen and oxygen atoms in total. The number of hydrogen-bond acceptors (Lipinski definition) is 9. The molecule has 274 valence electrons. The van der Waals surface area contributed by atoms with Crippen LogP contribution in [-0.2, 0) is 4.74 Å². The Morgan fingerprint density at radius 2 is 1.35 bits per heavy atom. The Morgan fingerprint density at radius 3 is 1.98 bits per heavy atom. The van der Waals surface area contributed by atoms with Crippen LogP contribution in [0.1, 0.15) is 65.3 Å². The van der Waals surface area contributed by atoms with Crippen molar-refractivity contribution < 1.29 is 14.3 Å². The van der Waals surface area contributed by atoms with Crippen LogP contribution in [0.3, 0.4) is 0 Å². The number of piperidine rings is 1. The summed E-state index contributed by atoms with van der Waals surface area (Å²) in [7, 11) is 0. The molecule has 2 N–H and O–H groups in total. The first-order chi connectivity index (χ1) is 25.1. The number of nitrogen functional groups attached to an aromatic ring is 1. The first-order valence-corrected chi connectivity index (χ1v) is 19.4. The lowest BCUT2D eigenvalue weighted by Crippen LogP contribution is -2.42. The molecule has 2 unspecified atom stereocenters. The number of para-hydroxylation sites is 1. The normalized spacial score (nSPS) is 28.4. The van der Waals surface area contributed by atoms with Gasteiger partial charge in [-0.2, -0.15) is 5.10 Å². The predicted octanol–water partition coefficient (Wildman–Crippen LogP) is 6.86. The molecule has 0 bridgehead atoms. The van der Waals surface area contributed by atoms with Crippen LogP contribution in [0.15, 0.2) is 60.9 Å². The van der Waals surface area contributed by atoms with Crippen molar-refractivity contribution in [3.05, 3.63) is 60.9 Å². The molecule has 2 saturated carbocycles. The zero-order chi connectivity index (χ0) is 35.6. The van der Waals surface area contributed by atoms with Gasteiger partial charge in [0.15, 0.2) is 5.65 Å². The fourth-order valence-electron chi connectivity index (χ4n) is 10.2. The van der Waals surface area contributed by atoms with Crippen LogP contribution >= 0.6 is 0 Å². The van der Waals surface area contributed by atoms with Crippen molar-refractivity contribution in [3.8, 4) is 22.8 Å². The van der Waals surface area contributed by atoms with Gasteiger partial charge in [0.1, 0.15) is 34.9 Å². The SMILES string of the molecule is CC(C)(C)OC(=O)N1C[C@H]2CC(N3C[C@H]4CC(N5CCC(n6nc(-c7ccc(Oc8ccccc8)cc7)c7c(N)ncnc76)CC5)C[C@H]4C3)C[C@H]2C1. The highest BCUT2D eigenvalue weighted by Gasteiger charge is 2.49. The van der Waals surface area contributed by atoms with Crippen LogP contribution in [0, 0.1) is 23.7 Å². The second-order valence-electron chi connectivity index (χ2n) is 17.1. The summed E-state index contributed by atoms with van der Waals surface area (Å²) in [5, 5.41) is 5.98. The number of nitrogens with zero attached hydrogens (tertiary/aromatic N) is 7. The van der Waals surface area contributed by atoms with Crippen LogP contribution in [0.4, 0.5) is 10.6 Å². The maximum Gasteiger partial charge on any atom is 0.410 e. The molecule has 52 heavy (non-hydrogen) atoms. The molecule has 4 aromatic rings. The second kappa shape index (κ2) is 13.3. The minimum atomic E-state index is -0.435. The van der Waals surface area contributed by atoms with E-state index in [1.54, 1.807) is 6.33 Å². The quantitative estimate of drug-likeness (QED) is 0.230.